The van der Waals surface area contributed by atoms with Crippen molar-refractivity contribution in [2.75, 3.05) is 13.0 Å². The standard InChI is InChI=1S/C11H13N3O/c1-8-7-9(15-2)3-4-10(8)11-13-5-6-14(11)12/h3-7H,12H2,1-2H3. The van der Waals surface area contributed by atoms with E-state index in [-0.39, 0.29) is 0 Å². The summed E-state index contributed by atoms with van der Waals surface area (Å²) in [6.45, 7) is 2.01. The minimum absolute atomic E-state index is 0.759. The molecular formula is C11H13N3O. The third kappa shape index (κ3) is 1.66. The highest BCUT2D eigenvalue weighted by atomic mass is 16.5. The van der Waals surface area contributed by atoms with Crippen LogP contribution in [-0.4, -0.2) is 16.8 Å². The van der Waals surface area contributed by atoms with Crippen molar-refractivity contribution < 1.29 is 4.74 Å². The molecule has 1 aromatic carbocycles. The van der Waals surface area contributed by atoms with Gasteiger partial charge in [0.25, 0.3) is 0 Å². The van der Waals surface area contributed by atoms with E-state index in [1.807, 2.05) is 25.1 Å². The molecule has 4 nitrogen and oxygen atoms in total. The van der Waals surface area contributed by atoms with Gasteiger partial charge in [0, 0.05) is 18.0 Å². The number of nitrogens with two attached hydrogens (primary N) is 1. The van der Waals surface area contributed by atoms with Gasteiger partial charge in [-0.05, 0) is 30.7 Å². The van der Waals surface area contributed by atoms with Crippen molar-refractivity contribution >= 4 is 0 Å². The highest BCUT2D eigenvalue weighted by Crippen LogP contribution is 2.24. The molecule has 4 heteroatoms. The predicted molar refractivity (Wildman–Crippen MR) is 59.1 cm³/mol. The van der Waals surface area contributed by atoms with Gasteiger partial charge in [-0.15, -0.1) is 0 Å². The van der Waals surface area contributed by atoms with Crippen molar-refractivity contribution in [2.45, 2.75) is 6.92 Å². The Hall–Kier alpha value is -1.97. The molecular weight excluding hydrogens is 190 g/mol. The molecule has 1 aromatic heterocycles. The number of nitrogens with zero attached hydrogens (tertiary/aromatic N) is 2. The molecule has 0 amide bonds. The zero-order valence-electron chi connectivity index (χ0n) is 8.77. The Morgan fingerprint density at radius 1 is 1.40 bits per heavy atom. The number of hydrogen-bond donors (Lipinski definition) is 1. The van der Waals surface area contributed by atoms with Crippen molar-refractivity contribution in [3.63, 3.8) is 0 Å². The third-order valence-electron chi connectivity index (χ3n) is 2.34. The van der Waals surface area contributed by atoms with E-state index >= 15 is 0 Å². The van der Waals surface area contributed by atoms with Crippen LogP contribution in [0.4, 0.5) is 0 Å². The fraction of sp³-hybridized carbons (Fsp3) is 0.182. The Labute approximate surface area is 88.3 Å². The molecule has 15 heavy (non-hydrogen) atoms. The molecule has 0 saturated heterocycles. The fourth-order valence-electron chi connectivity index (χ4n) is 1.54. The lowest BCUT2D eigenvalue weighted by Gasteiger charge is -2.07. The normalized spacial score (nSPS) is 10.3. The monoisotopic (exact) mass is 203 g/mol. The van der Waals surface area contributed by atoms with Crippen molar-refractivity contribution in [3.05, 3.63) is 36.2 Å². The van der Waals surface area contributed by atoms with Gasteiger partial charge < -0.3 is 10.6 Å². The minimum atomic E-state index is 0.759. The Bertz CT molecular complexity index is 476. The molecule has 0 bridgehead atoms. The number of hydrogen-bond acceptors (Lipinski definition) is 3. The second-order valence-electron chi connectivity index (χ2n) is 3.34. The lowest BCUT2D eigenvalue weighted by atomic mass is 10.1. The van der Waals surface area contributed by atoms with E-state index in [1.165, 1.54) is 4.68 Å². The topological polar surface area (TPSA) is 53.1 Å². The second-order valence-corrected chi connectivity index (χ2v) is 3.34. The van der Waals surface area contributed by atoms with E-state index in [2.05, 4.69) is 4.98 Å². The number of ether oxygens (including phenoxy) is 1. The number of aromatic nitrogens is 2. The number of nitrogen functional groups attached to an aromatic ring is 1. The van der Waals surface area contributed by atoms with Crippen LogP contribution >= 0.6 is 0 Å². The third-order valence-corrected chi connectivity index (χ3v) is 2.34. The lowest BCUT2D eigenvalue weighted by molar-refractivity contribution is 0.414. The Morgan fingerprint density at radius 2 is 2.20 bits per heavy atom. The SMILES string of the molecule is COc1ccc(-c2nccn2N)c(C)c1. The molecule has 1 heterocycles. The quantitative estimate of drug-likeness (QED) is 0.754. The lowest BCUT2D eigenvalue weighted by Crippen LogP contribution is -2.08. The smallest absolute Gasteiger partial charge is 0.158 e. The summed E-state index contributed by atoms with van der Waals surface area (Å²) in [5.41, 5.74) is 2.11. The maximum Gasteiger partial charge on any atom is 0.158 e. The van der Waals surface area contributed by atoms with Crippen LogP contribution in [0.5, 0.6) is 5.75 Å². The van der Waals surface area contributed by atoms with Crippen LogP contribution in [0, 0.1) is 6.92 Å². The first-order valence-corrected chi connectivity index (χ1v) is 4.66. The first-order valence-electron chi connectivity index (χ1n) is 4.66. The predicted octanol–water partition coefficient (Wildman–Crippen LogP) is 1.58. The van der Waals surface area contributed by atoms with Crippen LogP contribution in [0.15, 0.2) is 30.6 Å². The minimum Gasteiger partial charge on any atom is -0.497 e. The van der Waals surface area contributed by atoms with Gasteiger partial charge in [0.1, 0.15) is 5.75 Å². The van der Waals surface area contributed by atoms with E-state index < -0.39 is 0 Å². The molecule has 0 unspecified atom stereocenters. The molecule has 78 valence electrons. The molecule has 0 saturated carbocycles. The highest BCUT2D eigenvalue weighted by molar-refractivity contribution is 5.62. The van der Waals surface area contributed by atoms with Crippen molar-refractivity contribution in [1.82, 2.24) is 9.66 Å². The van der Waals surface area contributed by atoms with E-state index in [1.54, 1.807) is 19.5 Å². The fourth-order valence-corrected chi connectivity index (χ4v) is 1.54. The van der Waals surface area contributed by atoms with Gasteiger partial charge >= 0.3 is 0 Å². The molecule has 2 aromatic rings. The molecule has 0 fully saturated rings. The Balaban J connectivity index is 2.50. The summed E-state index contributed by atoms with van der Waals surface area (Å²) in [4.78, 5) is 4.20. The van der Waals surface area contributed by atoms with Gasteiger partial charge in [0.05, 0.1) is 7.11 Å². The molecule has 0 aliphatic carbocycles. The van der Waals surface area contributed by atoms with Gasteiger partial charge in [-0.2, -0.15) is 0 Å². The van der Waals surface area contributed by atoms with Gasteiger partial charge in [-0.25, -0.2) is 4.98 Å². The molecule has 0 spiro atoms. The zero-order chi connectivity index (χ0) is 10.8. The van der Waals surface area contributed by atoms with Gasteiger partial charge in [0.15, 0.2) is 5.82 Å². The largest absolute Gasteiger partial charge is 0.497 e. The molecule has 0 aliphatic heterocycles. The summed E-state index contributed by atoms with van der Waals surface area (Å²) in [5.74, 6) is 7.33. The number of aryl methyl sites for hydroxylation is 1. The average molecular weight is 203 g/mol. The average Bonchev–Trinajstić information content (AvgIpc) is 2.64. The van der Waals surface area contributed by atoms with Crippen LogP contribution in [0.1, 0.15) is 5.56 Å². The molecule has 2 N–H and O–H groups in total. The maximum absolute atomic E-state index is 5.73. The number of benzene rings is 1. The van der Waals surface area contributed by atoms with Crippen molar-refractivity contribution in [1.29, 1.82) is 0 Å². The van der Waals surface area contributed by atoms with E-state index in [0.29, 0.717) is 0 Å². The van der Waals surface area contributed by atoms with Crippen LogP contribution in [0.2, 0.25) is 0 Å². The van der Waals surface area contributed by atoms with Crippen LogP contribution < -0.4 is 10.6 Å². The van der Waals surface area contributed by atoms with E-state index in [0.717, 1.165) is 22.7 Å². The summed E-state index contributed by atoms with van der Waals surface area (Å²) in [6, 6.07) is 5.82. The molecule has 2 rings (SSSR count). The summed E-state index contributed by atoms with van der Waals surface area (Å²) in [5, 5.41) is 0. The van der Waals surface area contributed by atoms with Crippen LogP contribution in [0.25, 0.3) is 11.4 Å². The van der Waals surface area contributed by atoms with Crippen LogP contribution in [0.3, 0.4) is 0 Å². The Morgan fingerprint density at radius 3 is 2.73 bits per heavy atom. The zero-order valence-corrected chi connectivity index (χ0v) is 8.77. The van der Waals surface area contributed by atoms with Gasteiger partial charge in [0.2, 0.25) is 0 Å². The van der Waals surface area contributed by atoms with Crippen molar-refractivity contribution in [2.24, 2.45) is 0 Å². The van der Waals surface area contributed by atoms with Crippen molar-refractivity contribution in [3.8, 4) is 17.1 Å². The first kappa shape index (κ1) is 9.58. The summed E-state index contributed by atoms with van der Waals surface area (Å²) >= 11 is 0. The first-order chi connectivity index (χ1) is 7.22. The maximum atomic E-state index is 5.73. The summed E-state index contributed by atoms with van der Waals surface area (Å²) in [7, 11) is 1.65. The number of methoxy groups -OCH3 is 1. The van der Waals surface area contributed by atoms with Crippen LogP contribution in [-0.2, 0) is 0 Å². The number of imidazole rings is 1. The molecule has 0 atom stereocenters. The second kappa shape index (κ2) is 3.65. The number of rotatable bonds is 2. The molecule has 0 aliphatic rings. The van der Waals surface area contributed by atoms with Gasteiger partial charge in [-0.1, -0.05) is 0 Å². The van der Waals surface area contributed by atoms with Gasteiger partial charge in [-0.3, -0.25) is 4.68 Å². The summed E-state index contributed by atoms with van der Waals surface area (Å²) < 4.78 is 6.65. The highest BCUT2D eigenvalue weighted by Gasteiger charge is 2.07. The van der Waals surface area contributed by atoms with E-state index in [9.17, 15) is 0 Å². The summed E-state index contributed by atoms with van der Waals surface area (Å²) in [6.07, 6.45) is 3.40. The van der Waals surface area contributed by atoms with E-state index in [4.69, 9.17) is 10.6 Å². The molecule has 0 radical (unpaired) electrons. The Kier molecular flexibility index (Phi) is 2.33.